The largest absolute Gasteiger partial charge is 0.491 e. The third-order valence-corrected chi connectivity index (χ3v) is 5.30. The summed E-state index contributed by atoms with van der Waals surface area (Å²) in [5, 5.41) is 7.05. The van der Waals surface area contributed by atoms with Crippen LogP contribution in [0.25, 0.3) is 0 Å². The quantitative estimate of drug-likeness (QED) is 0.917. The van der Waals surface area contributed by atoms with Gasteiger partial charge < -0.3 is 14.5 Å². The molecule has 2 aliphatic heterocycles. The molecule has 26 heavy (non-hydrogen) atoms. The second-order valence-corrected chi connectivity index (χ2v) is 7.56. The number of ether oxygens (including phenoxy) is 1. The molecule has 1 unspecified atom stereocenters. The molecule has 2 amide bonds. The normalized spacial score (nSPS) is 20.5. The first-order valence-corrected chi connectivity index (χ1v) is 9.40. The summed E-state index contributed by atoms with van der Waals surface area (Å²) in [7, 11) is 0. The zero-order valence-corrected chi connectivity index (χ0v) is 15.4. The summed E-state index contributed by atoms with van der Waals surface area (Å²) in [6.45, 7) is 7.26. The molecule has 0 radical (unpaired) electrons. The first-order valence-electron chi connectivity index (χ1n) is 9.40. The molecule has 1 atom stereocenters. The molecule has 0 aliphatic carbocycles. The number of H-pyrrole nitrogens is 1. The van der Waals surface area contributed by atoms with E-state index in [0.717, 1.165) is 44.0 Å². The van der Waals surface area contributed by atoms with Gasteiger partial charge in [-0.25, -0.2) is 4.79 Å². The first-order chi connectivity index (χ1) is 12.6. The Balaban J connectivity index is 1.28. The van der Waals surface area contributed by atoms with Gasteiger partial charge in [-0.15, -0.1) is 0 Å². The highest BCUT2D eigenvalue weighted by atomic mass is 16.5. The number of nitrogens with one attached hydrogen (secondary N) is 1. The van der Waals surface area contributed by atoms with Crippen LogP contribution in [0.1, 0.15) is 43.4 Å². The van der Waals surface area contributed by atoms with Crippen LogP contribution < -0.4 is 4.74 Å². The van der Waals surface area contributed by atoms with E-state index in [1.165, 1.54) is 5.56 Å². The Bertz CT molecular complexity index is 736. The molecule has 2 fully saturated rings. The highest BCUT2D eigenvalue weighted by Crippen LogP contribution is 2.32. The topological polar surface area (TPSA) is 61.5 Å². The summed E-state index contributed by atoms with van der Waals surface area (Å²) in [4.78, 5) is 16.6. The van der Waals surface area contributed by atoms with E-state index < -0.39 is 0 Å². The van der Waals surface area contributed by atoms with Crippen molar-refractivity contribution < 1.29 is 9.53 Å². The van der Waals surface area contributed by atoms with Gasteiger partial charge in [0, 0.05) is 49.9 Å². The fourth-order valence-corrected chi connectivity index (χ4v) is 3.82. The summed E-state index contributed by atoms with van der Waals surface area (Å²) in [5.74, 6) is 1.71. The maximum absolute atomic E-state index is 12.7. The third-order valence-electron chi connectivity index (χ3n) is 5.30. The highest BCUT2D eigenvalue weighted by Gasteiger charge is 2.37. The Morgan fingerprint density at radius 1 is 1.12 bits per heavy atom. The standard InChI is InChI=1S/C20H26N4O2/c1-14(2)26-18-5-3-15(4-6-18)17-12-24(13-17)20(25)23-10-8-16(11-23)19-7-9-21-22-19/h3-7,9,14,16-17H,8,10-13H2,1-2H3,(H,21,22). The lowest BCUT2D eigenvalue weighted by molar-refractivity contribution is 0.121. The van der Waals surface area contributed by atoms with E-state index in [2.05, 4.69) is 22.3 Å². The number of hydrogen-bond acceptors (Lipinski definition) is 3. The van der Waals surface area contributed by atoms with Crippen molar-refractivity contribution in [2.45, 2.75) is 38.2 Å². The van der Waals surface area contributed by atoms with Crippen LogP contribution in [0.3, 0.4) is 0 Å². The lowest BCUT2D eigenvalue weighted by Gasteiger charge is -2.41. The van der Waals surface area contributed by atoms with Crippen LogP contribution in [-0.4, -0.2) is 58.3 Å². The van der Waals surface area contributed by atoms with Gasteiger partial charge in [-0.3, -0.25) is 5.10 Å². The maximum Gasteiger partial charge on any atom is 0.320 e. The predicted molar refractivity (Wildman–Crippen MR) is 99.4 cm³/mol. The number of carbonyl (C=O) groups is 1. The number of rotatable bonds is 4. The van der Waals surface area contributed by atoms with E-state index in [0.29, 0.717) is 11.8 Å². The van der Waals surface area contributed by atoms with Gasteiger partial charge in [0.1, 0.15) is 5.75 Å². The third kappa shape index (κ3) is 3.41. The van der Waals surface area contributed by atoms with Gasteiger partial charge in [0.2, 0.25) is 0 Å². The van der Waals surface area contributed by atoms with Crippen molar-refractivity contribution in [1.82, 2.24) is 20.0 Å². The Hall–Kier alpha value is -2.50. The summed E-state index contributed by atoms with van der Waals surface area (Å²) >= 11 is 0. The van der Waals surface area contributed by atoms with E-state index in [1.54, 1.807) is 6.20 Å². The van der Waals surface area contributed by atoms with Crippen molar-refractivity contribution in [3.63, 3.8) is 0 Å². The SMILES string of the molecule is CC(C)Oc1ccc(C2CN(C(=O)N3CCC(c4ccn[nH]4)C3)C2)cc1. The van der Waals surface area contributed by atoms with Crippen LogP contribution in [0.5, 0.6) is 5.75 Å². The van der Waals surface area contributed by atoms with Crippen molar-refractivity contribution in [3.05, 3.63) is 47.8 Å². The van der Waals surface area contributed by atoms with Gasteiger partial charge >= 0.3 is 6.03 Å². The average Bonchev–Trinajstić information content (AvgIpc) is 3.25. The lowest BCUT2D eigenvalue weighted by atomic mass is 9.92. The Morgan fingerprint density at radius 3 is 2.50 bits per heavy atom. The number of benzene rings is 1. The predicted octanol–water partition coefficient (Wildman–Crippen LogP) is 3.21. The molecule has 138 valence electrons. The number of nitrogens with zero attached hydrogens (tertiary/aromatic N) is 3. The monoisotopic (exact) mass is 354 g/mol. The summed E-state index contributed by atoms with van der Waals surface area (Å²) < 4.78 is 5.69. The molecule has 3 heterocycles. The molecule has 1 aromatic heterocycles. The number of urea groups is 1. The fourth-order valence-electron chi connectivity index (χ4n) is 3.82. The number of amides is 2. The minimum Gasteiger partial charge on any atom is -0.491 e. The zero-order chi connectivity index (χ0) is 18.1. The number of aromatic amines is 1. The Labute approximate surface area is 154 Å². The Morgan fingerprint density at radius 2 is 1.85 bits per heavy atom. The molecular formula is C20H26N4O2. The maximum atomic E-state index is 12.7. The van der Waals surface area contributed by atoms with Crippen LogP contribution >= 0.6 is 0 Å². The van der Waals surface area contributed by atoms with E-state index in [4.69, 9.17) is 4.74 Å². The number of carbonyl (C=O) groups excluding carboxylic acids is 1. The molecule has 1 N–H and O–H groups in total. The minimum absolute atomic E-state index is 0.169. The molecule has 2 aliphatic rings. The van der Waals surface area contributed by atoms with E-state index in [1.807, 2.05) is 41.8 Å². The van der Waals surface area contributed by atoms with Gasteiger partial charge in [-0.1, -0.05) is 12.1 Å². The molecule has 6 nitrogen and oxygen atoms in total. The van der Waals surface area contributed by atoms with Gasteiger partial charge in [0.25, 0.3) is 0 Å². The van der Waals surface area contributed by atoms with Crippen LogP contribution in [0.15, 0.2) is 36.5 Å². The van der Waals surface area contributed by atoms with E-state index >= 15 is 0 Å². The smallest absolute Gasteiger partial charge is 0.320 e. The van der Waals surface area contributed by atoms with Crippen LogP contribution in [0.4, 0.5) is 4.79 Å². The molecule has 6 heteroatoms. The molecule has 2 saturated heterocycles. The van der Waals surface area contributed by atoms with Gasteiger partial charge in [0.05, 0.1) is 6.10 Å². The molecular weight excluding hydrogens is 328 g/mol. The molecule has 4 rings (SSSR count). The summed E-state index contributed by atoms with van der Waals surface area (Å²) in [6, 6.07) is 10.5. The zero-order valence-electron chi connectivity index (χ0n) is 15.4. The highest BCUT2D eigenvalue weighted by molar-refractivity contribution is 5.76. The summed E-state index contributed by atoms with van der Waals surface area (Å²) in [5.41, 5.74) is 2.41. The van der Waals surface area contributed by atoms with Gasteiger partial charge in [-0.2, -0.15) is 5.10 Å². The molecule has 2 aromatic rings. The van der Waals surface area contributed by atoms with Crippen LogP contribution in [-0.2, 0) is 0 Å². The van der Waals surface area contributed by atoms with E-state index in [-0.39, 0.29) is 12.1 Å². The second kappa shape index (κ2) is 7.02. The van der Waals surface area contributed by atoms with Crippen molar-refractivity contribution in [3.8, 4) is 5.75 Å². The van der Waals surface area contributed by atoms with Crippen LogP contribution in [0, 0.1) is 0 Å². The molecule has 0 spiro atoms. The lowest BCUT2D eigenvalue weighted by Crippen LogP contribution is -2.53. The summed E-state index contributed by atoms with van der Waals surface area (Å²) in [6.07, 6.45) is 2.96. The first kappa shape index (κ1) is 16.9. The second-order valence-electron chi connectivity index (χ2n) is 7.56. The van der Waals surface area contributed by atoms with Gasteiger partial charge in [0.15, 0.2) is 0 Å². The van der Waals surface area contributed by atoms with Crippen molar-refractivity contribution in [2.24, 2.45) is 0 Å². The van der Waals surface area contributed by atoms with Gasteiger partial charge in [-0.05, 0) is 44.0 Å². The van der Waals surface area contributed by atoms with E-state index in [9.17, 15) is 4.79 Å². The van der Waals surface area contributed by atoms with Crippen molar-refractivity contribution in [1.29, 1.82) is 0 Å². The number of hydrogen-bond donors (Lipinski definition) is 1. The number of aromatic nitrogens is 2. The molecule has 0 saturated carbocycles. The molecule has 1 aromatic carbocycles. The Kier molecular flexibility index (Phi) is 4.57. The van der Waals surface area contributed by atoms with Crippen LogP contribution in [0.2, 0.25) is 0 Å². The average molecular weight is 354 g/mol. The van der Waals surface area contributed by atoms with Crippen molar-refractivity contribution in [2.75, 3.05) is 26.2 Å². The molecule has 0 bridgehead atoms. The minimum atomic E-state index is 0.169. The van der Waals surface area contributed by atoms with Crippen molar-refractivity contribution >= 4 is 6.03 Å². The number of likely N-dealkylation sites (tertiary alicyclic amines) is 2. The fraction of sp³-hybridized carbons (Fsp3) is 0.500.